The van der Waals surface area contributed by atoms with E-state index in [9.17, 15) is 0 Å². The van der Waals surface area contributed by atoms with Crippen LogP contribution in [-0.2, 0) is 18.1 Å². The van der Waals surface area contributed by atoms with Crippen molar-refractivity contribution in [3.05, 3.63) is 0 Å². The van der Waals surface area contributed by atoms with Crippen LogP contribution in [0.4, 0.5) is 0 Å². The highest BCUT2D eigenvalue weighted by Crippen LogP contribution is 2.65. The summed E-state index contributed by atoms with van der Waals surface area (Å²) in [7, 11) is -15.9. The zero-order valence-corrected chi connectivity index (χ0v) is 36.6. The van der Waals surface area contributed by atoms with Crippen molar-refractivity contribution in [1.29, 1.82) is 0 Å². The molecule has 0 bridgehead atoms. The predicted octanol–water partition coefficient (Wildman–Crippen LogP) is 10.9. The van der Waals surface area contributed by atoms with Gasteiger partial charge in [-0.25, -0.2) is 4.57 Å². The van der Waals surface area contributed by atoms with Gasteiger partial charge in [0.05, 0.1) is 63.0 Å². The van der Waals surface area contributed by atoms with Gasteiger partial charge in [-0.3, -0.25) is 13.6 Å². The highest BCUT2D eigenvalue weighted by molar-refractivity contribution is 7.49. The third kappa shape index (κ3) is 7.30. The smallest absolute Gasteiger partial charge is 0.287 e. The molecule has 230 valence electrons. The Morgan fingerprint density at radius 3 is 0.605 bits per heavy atom. The highest BCUT2D eigenvalue weighted by Gasteiger charge is 2.65. The van der Waals surface area contributed by atoms with E-state index >= 15 is 4.57 Å². The van der Waals surface area contributed by atoms with Gasteiger partial charge in [0, 0.05) is 0 Å². The van der Waals surface area contributed by atoms with E-state index in [4.69, 9.17) is 13.6 Å². The van der Waals surface area contributed by atoms with E-state index in [0.29, 0.717) is 0 Å². The van der Waals surface area contributed by atoms with Crippen LogP contribution in [0.1, 0.15) is 40.0 Å². The molecule has 0 atom stereocenters. The number of phosphoric acid groups is 1. The van der Waals surface area contributed by atoms with Crippen molar-refractivity contribution >= 4 is 56.3 Å². The van der Waals surface area contributed by atoms with Gasteiger partial charge in [0.15, 0.2) is 0 Å². The normalized spacial score (nSPS) is 16.2. The van der Waals surface area contributed by atoms with Gasteiger partial charge < -0.3 is 0 Å². The lowest BCUT2D eigenvalue weighted by atomic mass is 10.5. The van der Waals surface area contributed by atoms with Crippen molar-refractivity contribution in [1.82, 2.24) is 0 Å². The molecule has 0 aromatic heterocycles. The van der Waals surface area contributed by atoms with Crippen molar-refractivity contribution in [2.75, 3.05) is 0 Å². The molecular formula is C27H69O4PSi6. The van der Waals surface area contributed by atoms with E-state index in [-0.39, 0.29) is 0 Å². The lowest BCUT2D eigenvalue weighted by Crippen LogP contribution is -2.71. The van der Waals surface area contributed by atoms with Crippen LogP contribution < -0.4 is 0 Å². The Kier molecular flexibility index (Phi) is 12.3. The first-order valence-corrected chi connectivity index (χ1v) is 37.5. The van der Waals surface area contributed by atoms with Crippen LogP contribution >= 0.6 is 7.82 Å². The molecule has 0 unspecified atom stereocenters. The Balaban J connectivity index is 7.87. The maximum atomic E-state index is 15.9. The van der Waals surface area contributed by atoms with Gasteiger partial charge in [-0.05, 0) is 19.3 Å². The quantitative estimate of drug-likeness (QED) is 0.130. The number of hydrogen-bond donors (Lipinski definition) is 0. The molecule has 0 saturated heterocycles. The first-order chi connectivity index (χ1) is 16.3. The van der Waals surface area contributed by atoms with Crippen molar-refractivity contribution in [2.24, 2.45) is 0 Å². The zero-order valence-electron chi connectivity index (χ0n) is 29.7. The third-order valence-electron chi connectivity index (χ3n) is 9.57. The van der Waals surface area contributed by atoms with Crippen molar-refractivity contribution in [3.8, 4) is 0 Å². The van der Waals surface area contributed by atoms with Gasteiger partial charge in [0.2, 0.25) is 0 Å². The fraction of sp³-hybridized carbons (Fsp3) is 1.00. The van der Waals surface area contributed by atoms with Crippen molar-refractivity contribution in [3.63, 3.8) is 0 Å². The first-order valence-electron chi connectivity index (χ1n) is 15.0. The molecule has 0 radical (unpaired) electrons. The largest absolute Gasteiger partial charge is 0.474 e. The maximum absolute atomic E-state index is 15.9. The highest BCUT2D eigenvalue weighted by atomic mass is 31.2. The number of hydrogen-bond acceptors (Lipinski definition) is 4. The number of phosphoric ester groups is 1. The van der Waals surface area contributed by atoms with Crippen LogP contribution in [0.25, 0.3) is 0 Å². The van der Waals surface area contributed by atoms with Gasteiger partial charge >= 0.3 is 7.82 Å². The minimum atomic E-state index is -4.00. The second-order valence-electron chi connectivity index (χ2n) is 17.8. The van der Waals surface area contributed by atoms with Crippen LogP contribution in [0.5, 0.6) is 0 Å². The molecule has 0 amide bonds. The van der Waals surface area contributed by atoms with Crippen LogP contribution in [0.15, 0.2) is 0 Å². The summed E-state index contributed by atoms with van der Waals surface area (Å²) in [5.74, 6) is 0. The van der Waals surface area contributed by atoms with Gasteiger partial charge in [0.1, 0.15) is 0 Å². The molecule has 0 aromatic rings. The van der Waals surface area contributed by atoms with Gasteiger partial charge in [0.25, 0.3) is 0 Å². The fourth-order valence-electron chi connectivity index (χ4n) is 8.20. The number of rotatable bonds is 15. The first kappa shape index (κ1) is 39.4. The van der Waals surface area contributed by atoms with Crippen molar-refractivity contribution < 1.29 is 18.1 Å². The van der Waals surface area contributed by atoms with Crippen LogP contribution in [0.2, 0.25) is 118 Å². The Bertz CT molecular complexity index is 685. The van der Waals surface area contributed by atoms with E-state index < -0.39 is 70.8 Å². The predicted molar refractivity (Wildman–Crippen MR) is 190 cm³/mol. The summed E-state index contributed by atoms with van der Waals surface area (Å²) in [5.41, 5.74) is 0. The Hall–Kier alpha value is 1.41. The molecule has 11 heteroatoms. The van der Waals surface area contributed by atoms with Gasteiger partial charge in [-0.15, -0.1) is 0 Å². The second-order valence-corrected chi connectivity index (χ2v) is 52.6. The molecular weight excluding hydrogens is 588 g/mol. The van der Waals surface area contributed by atoms with Gasteiger partial charge in [-0.1, -0.05) is 139 Å². The summed E-state index contributed by atoms with van der Waals surface area (Å²) in [6.07, 6.45) is 2.52. The molecule has 0 fully saturated rings. The molecule has 38 heavy (non-hydrogen) atoms. The Labute approximate surface area is 245 Å². The lowest BCUT2D eigenvalue weighted by molar-refractivity contribution is 0.0342. The van der Waals surface area contributed by atoms with Crippen LogP contribution in [0.3, 0.4) is 0 Å². The summed E-state index contributed by atoms with van der Waals surface area (Å²) in [6.45, 7) is 49.6. The Morgan fingerprint density at radius 1 is 0.395 bits per heavy atom. The molecule has 0 heterocycles. The van der Waals surface area contributed by atoms with E-state index in [1.165, 1.54) is 0 Å². The van der Waals surface area contributed by atoms with E-state index in [2.05, 4.69) is 139 Å². The van der Waals surface area contributed by atoms with Crippen molar-refractivity contribution in [2.45, 2.75) is 172 Å². The Morgan fingerprint density at radius 2 is 0.526 bits per heavy atom. The monoisotopic (exact) mass is 656 g/mol. The summed E-state index contributed by atoms with van der Waals surface area (Å²) < 4.78 is 37.9. The van der Waals surface area contributed by atoms with E-state index in [1.807, 2.05) is 0 Å². The minimum Gasteiger partial charge on any atom is -0.287 e. The SMILES string of the molecule is CCC(OP(=O)(OC(CC)([Si](C)(C)C)[Si](C)(C)C)OC(CC)([Si](C)(C)C)[Si](C)(C)C)([Si](C)(C)C)[Si](C)(C)C. The van der Waals surface area contributed by atoms with E-state index in [0.717, 1.165) is 19.3 Å². The summed E-state index contributed by atoms with van der Waals surface area (Å²) in [4.78, 5) is -1.31. The van der Waals surface area contributed by atoms with E-state index in [1.54, 1.807) is 0 Å². The zero-order chi connectivity index (χ0) is 31.2. The topological polar surface area (TPSA) is 44.8 Å². The minimum absolute atomic E-state index is 0.438. The summed E-state index contributed by atoms with van der Waals surface area (Å²) in [5, 5.41) is 0. The molecule has 0 aliphatic carbocycles. The molecule has 0 aliphatic heterocycles. The molecule has 0 N–H and O–H groups in total. The molecule has 0 aliphatic rings. The molecule has 4 nitrogen and oxygen atoms in total. The summed E-state index contributed by atoms with van der Waals surface area (Å²) in [6, 6.07) is 0. The molecule has 0 spiro atoms. The fourth-order valence-corrected chi connectivity index (χ4v) is 51.8. The van der Waals surface area contributed by atoms with Gasteiger partial charge in [-0.2, -0.15) is 0 Å². The van der Waals surface area contributed by atoms with Crippen LogP contribution in [-0.4, -0.2) is 63.0 Å². The average Bonchev–Trinajstić information content (AvgIpc) is 2.62. The molecule has 0 saturated carbocycles. The maximum Gasteiger partial charge on any atom is 0.474 e. The van der Waals surface area contributed by atoms with Crippen LogP contribution in [0, 0.1) is 0 Å². The third-order valence-corrected chi connectivity index (χ3v) is 43.0. The second kappa shape index (κ2) is 11.8. The standard InChI is InChI=1S/C27H69O4PSi6/c1-22-25(33(4,5)6,34(7,8)9)29-32(28,30-26(23-2,35(10,11)12)36(13,14)15)31-27(24-3,37(16,17)18)38(19,20)21/h22-24H2,1-21H3. The lowest BCUT2D eigenvalue weighted by Gasteiger charge is -2.58. The molecule has 0 rings (SSSR count). The summed E-state index contributed by atoms with van der Waals surface area (Å²) >= 11 is 0. The average molecular weight is 657 g/mol. The molecule has 0 aromatic carbocycles.